The molecule has 4 rings (SSSR count). The van der Waals surface area contributed by atoms with Gasteiger partial charge >= 0.3 is 0 Å². The zero-order chi connectivity index (χ0) is 21.1. The molecule has 2 aromatic carbocycles. The molecule has 0 aliphatic rings. The van der Waals surface area contributed by atoms with Gasteiger partial charge in [0.05, 0.1) is 16.6 Å². The van der Waals surface area contributed by atoms with Gasteiger partial charge in [0.25, 0.3) is 0 Å². The molecule has 0 aliphatic heterocycles. The van der Waals surface area contributed by atoms with Crippen LogP contribution in [0.15, 0.2) is 54.6 Å². The molecule has 0 spiro atoms. The van der Waals surface area contributed by atoms with Crippen molar-refractivity contribution < 1.29 is 0 Å². The molecule has 2 aromatic heterocycles. The number of para-hydroxylation sites is 2. The zero-order valence-electron chi connectivity index (χ0n) is 17.9. The minimum absolute atomic E-state index is 0.599. The average molecular weight is 397 g/mol. The molecule has 1 N–H and O–H groups in total. The first-order chi connectivity index (χ1) is 14.6. The van der Waals surface area contributed by atoms with Gasteiger partial charge in [-0.2, -0.15) is 5.26 Å². The molecule has 0 atom stereocenters. The predicted molar refractivity (Wildman–Crippen MR) is 124 cm³/mol. The minimum Gasteiger partial charge on any atom is -0.371 e. The lowest BCUT2D eigenvalue weighted by Crippen LogP contribution is -2.14. The molecule has 0 bridgehead atoms. The van der Waals surface area contributed by atoms with Crippen LogP contribution in [0.5, 0.6) is 0 Å². The number of imidazole rings is 1. The number of hydrogen-bond donors (Lipinski definition) is 1. The van der Waals surface area contributed by atoms with Crippen LogP contribution in [0.3, 0.4) is 0 Å². The molecule has 0 aliphatic carbocycles. The molecule has 0 fully saturated rings. The van der Waals surface area contributed by atoms with Crippen molar-refractivity contribution >= 4 is 22.5 Å². The first kappa shape index (κ1) is 20.0. The van der Waals surface area contributed by atoms with E-state index < -0.39 is 0 Å². The molecular formula is C26H28N4. The molecule has 30 heavy (non-hydrogen) atoms. The monoisotopic (exact) mass is 396 g/mol. The van der Waals surface area contributed by atoms with Gasteiger partial charge in [-0.05, 0) is 60.9 Å². The Labute approximate surface area is 178 Å². The lowest BCUT2D eigenvalue weighted by molar-refractivity contribution is 0.585. The van der Waals surface area contributed by atoms with Gasteiger partial charge in [-0.3, -0.25) is 4.40 Å². The Bertz CT molecular complexity index is 1210. The second kappa shape index (κ2) is 8.59. The molecule has 4 aromatic rings. The Hall–Kier alpha value is -3.32. The highest BCUT2D eigenvalue weighted by atomic mass is 15.1. The smallest absolute Gasteiger partial charge is 0.157 e. The SMILES string of the molecule is Cc1c(CCC(C)C)c(NCCc2ccccc2)n2c(nc3ccccc32)c1C#N. The summed E-state index contributed by atoms with van der Waals surface area (Å²) in [6, 6.07) is 21.1. The van der Waals surface area contributed by atoms with Gasteiger partial charge in [-0.15, -0.1) is 0 Å². The third-order valence-corrected chi connectivity index (χ3v) is 5.75. The number of benzene rings is 2. The maximum Gasteiger partial charge on any atom is 0.157 e. The number of nitrogens with zero attached hydrogens (tertiary/aromatic N) is 3. The summed E-state index contributed by atoms with van der Waals surface area (Å²) in [7, 11) is 0. The molecular weight excluding hydrogens is 368 g/mol. The maximum atomic E-state index is 9.94. The van der Waals surface area contributed by atoms with Gasteiger partial charge in [0.15, 0.2) is 5.65 Å². The van der Waals surface area contributed by atoms with E-state index in [0.29, 0.717) is 11.5 Å². The lowest BCUT2D eigenvalue weighted by Gasteiger charge is -2.19. The minimum atomic E-state index is 0.599. The van der Waals surface area contributed by atoms with E-state index in [1.165, 1.54) is 11.1 Å². The van der Waals surface area contributed by atoms with E-state index in [2.05, 4.69) is 66.9 Å². The van der Waals surface area contributed by atoms with Gasteiger partial charge in [-0.1, -0.05) is 56.3 Å². The van der Waals surface area contributed by atoms with Crippen LogP contribution in [0.4, 0.5) is 5.82 Å². The van der Waals surface area contributed by atoms with E-state index in [4.69, 9.17) is 4.98 Å². The summed E-state index contributed by atoms with van der Waals surface area (Å²) in [5.74, 6) is 1.68. The summed E-state index contributed by atoms with van der Waals surface area (Å²) >= 11 is 0. The number of aromatic nitrogens is 2. The van der Waals surface area contributed by atoms with E-state index in [1.807, 2.05) is 24.3 Å². The normalized spacial score (nSPS) is 11.3. The Morgan fingerprint density at radius 2 is 1.77 bits per heavy atom. The van der Waals surface area contributed by atoms with Crippen LogP contribution in [-0.2, 0) is 12.8 Å². The third-order valence-electron chi connectivity index (χ3n) is 5.75. The topological polar surface area (TPSA) is 53.1 Å². The fraction of sp³-hybridized carbons (Fsp3) is 0.308. The first-order valence-corrected chi connectivity index (χ1v) is 10.7. The van der Waals surface area contributed by atoms with Crippen LogP contribution in [0.1, 0.15) is 42.5 Å². The van der Waals surface area contributed by atoms with Crippen molar-refractivity contribution in [2.24, 2.45) is 5.92 Å². The van der Waals surface area contributed by atoms with Crippen LogP contribution < -0.4 is 5.32 Å². The summed E-state index contributed by atoms with van der Waals surface area (Å²) in [6.07, 6.45) is 2.96. The predicted octanol–water partition coefficient (Wildman–Crippen LogP) is 5.91. The molecule has 0 saturated heterocycles. The van der Waals surface area contributed by atoms with Crippen molar-refractivity contribution in [2.75, 3.05) is 11.9 Å². The molecule has 2 heterocycles. The molecule has 0 saturated carbocycles. The molecule has 0 amide bonds. The maximum absolute atomic E-state index is 9.94. The van der Waals surface area contributed by atoms with Crippen molar-refractivity contribution in [1.29, 1.82) is 5.26 Å². The second-order valence-corrected chi connectivity index (χ2v) is 8.29. The summed E-state index contributed by atoms with van der Waals surface area (Å²) in [5.41, 5.74) is 6.96. The van der Waals surface area contributed by atoms with Crippen LogP contribution in [-0.4, -0.2) is 15.9 Å². The number of nitrogens with one attached hydrogen (secondary N) is 1. The summed E-state index contributed by atoms with van der Waals surface area (Å²) in [6.45, 7) is 7.38. The van der Waals surface area contributed by atoms with Crippen LogP contribution in [0.2, 0.25) is 0 Å². The second-order valence-electron chi connectivity index (χ2n) is 8.29. The number of rotatable bonds is 7. The van der Waals surface area contributed by atoms with Crippen LogP contribution in [0.25, 0.3) is 16.7 Å². The summed E-state index contributed by atoms with van der Waals surface area (Å²) in [4.78, 5) is 4.81. The molecule has 4 heteroatoms. The highest BCUT2D eigenvalue weighted by Crippen LogP contribution is 2.32. The molecule has 4 nitrogen and oxygen atoms in total. The highest BCUT2D eigenvalue weighted by molar-refractivity contribution is 5.86. The Morgan fingerprint density at radius 1 is 1.03 bits per heavy atom. The highest BCUT2D eigenvalue weighted by Gasteiger charge is 2.20. The van der Waals surface area contributed by atoms with Gasteiger partial charge in [-0.25, -0.2) is 4.98 Å². The van der Waals surface area contributed by atoms with Crippen molar-refractivity contribution in [3.05, 3.63) is 76.9 Å². The molecule has 0 radical (unpaired) electrons. The van der Waals surface area contributed by atoms with Crippen molar-refractivity contribution in [2.45, 2.75) is 40.0 Å². The number of pyridine rings is 1. The number of fused-ring (bicyclic) bond motifs is 3. The lowest BCUT2D eigenvalue weighted by atomic mass is 9.96. The average Bonchev–Trinajstić information content (AvgIpc) is 3.13. The van der Waals surface area contributed by atoms with E-state index in [1.54, 1.807) is 0 Å². The number of nitriles is 1. The fourth-order valence-electron chi connectivity index (χ4n) is 4.08. The van der Waals surface area contributed by atoms with Gasteiger partial charge in [0.1, 0.15) is 11.9 Å². The van der Waals surface area contributed by atoms with Crippen molar-refractivity contribution in [1.82, 2.24) is 9.38 Å². The van der Waals surface area contributed by atoms with Gasteiger partial charge < -0.3 is 5.32 Å². The van der Waals surface area contributed by atoms with E-state index in [-0.39, 0.29) is 0 Å². The Balaban J connectivity index is 1.85. The molecule has 0 unspecified atom stereocenters. The summed E-state index contributed by atoms with van der Waals surface area (Å²) in [5, 5.41) is 13.6. The quantitative estimate of drug-likeness (QED) is 0.422. The fourth-order valence-corrected chi connectivity index (χ4v) is 4.08. The Kier molecular flexibility index (Phi) is 5.72. The van der Waals surface area contributed by atoms with Crippen LogP contribution >= 0.6 is 0 Å². The van der Waals surface area contributed by atoms with Gasteiger partial charge in [0, 0.05) is 6.54 Å². The molecule has 152 valence electrons. The largest absolute Gasteiger partial charge is 0.371 e. The van der Waals surface area contributed by atoms with Gasteiger partial charge in [0.2, 0.25) is 0 Å². The Morgan fingerprint density at radius 3 is 2.50 bits per heavy atom. The van der Waals surface area contributed by atoms with Crippen molar-refractivity contribution in [3.63, 3.8) is 0 Å². The van der Waals surface area contributed by atoms with Crippen LogP contribution in [0, 0.1) is 24.2 Å². The van der Waals surface area contributed by atoms with E-state index in [0.717, 1.165) is 53.9 Å². The summed E-state index contributed by atoms with van der Waals surface area (Å²) < 4.78 is 2.15. The van der Waals surface area contributed by atoms with E-state index >= 15 is 0 Å². The number of anilines is 1. The van der Waals surface area contributed by atoms with E-state index in [9.17, 15) is 5.26 Å². The zero-order valence-corrected chi connectivity index (χ0v) is 17.9. The standard InChI is InChI=1S/C26H28N4/c1-18(2)13-14-21-19(3)22(17-27)26-29-23-11-7-8-12-24(23)30(26)25(21)28-16-15-20-9-5-4-6-10-20/h4-12,18,28H,13-16H2,1-3H3. The van der Waals surface area contributed by atoms with Crippen molar-refractivity contribution in [3.8, 4) is 6.07 Å². The third kappa shape index (κ3) is 3.76. The number of hydrogen-bond acceptors (Lipinski definition) is 3. The first-order valence-electron chi connectivity index (χ1n) is 10.7.